The van der Waals surface area contributed by atoms with E-state index in [0.29, 0.717) is 31.9 Å². The Balaban J connectivity index is 1.58. The molecule has 1 fully saturated rings. The second-order valence-electron chi connectivity index (χ2n) is 6.26. The summed E-state index contributed by atoms with van der Waals surface area (Å²) in [6, 6.07) is 10.1. The van der Waals surface area contributed by atoms with Gasteiger partial charge in [-0.05, 0) is 30.3 Å². The van der Waals surface area contributed by atoms with E-state index in [1.165, 1.54) is 13.0 Å². The van der Waals surface area contributed by atoms with Gasteiger partial charge in [-0.25, -0.2) is 13.6 Å². The Kier molecular flexibility index (Phi) is 5.54. The van der Waals surface area contributed by atoms with Gasteiger partial charge >= 0.3 is 6.03 Å². The summed E-state index contributed by atoms with van der Waals surface area (Å²) >= 11 is 0. The molecule has 0 bridgehead atoms. The van der Waals surface area contributed by atoms with E-state index >= 15 is 0 Å². The Bertz CT molecular complexity index is 851. The number of nitrogens with one attached hydrogen (secondary N) is 2. The number of benzene rings is 2. The number of hydrogen-bond acceptors (Lipinski definition) is 3. The van der Waals surface area contributed by atoms with E-state index < -0.39 is 17.7 Å². The summed E-state index contributed by atoms with van der Waals surface area (Å²) in [7, 11) is 0. The molecule has 0 spiro atoms. The zero-order chi connectivity index (χ0) is 19.4. The van der Waals surface area contributed by atoms with Crippen molar-refractivity contribution in [2.45, 2.75) is 6.92 Å². The highest BCUT2D eigenvalue weighted by Crippen LogP contribution is 2.21. The van der Waals surface area contributed by atoms with Gasteiger partial charge in [0.2, 0.25) is 5.91 Å². The maximum Gasteiger partial charge on any atom is 0.322 e. The fourth-order valence-corrected chi connectivity index (χ4v) is 2.94. The highest BCUT2D eigenvalue weighted by molar-refractivity contribution is 5.90. The van der Waals surface area contributed by atoms with E-state index in [-0.39, 0.29) is 11.6 Å². The first kappa shape index (κ1) is 18.6. The lowest BCUT2D eigenvalue weighted by atomic mass is 10.2. The van der Waals surface area contributed by atoms with Crippen LogP contribution in [0.4, 0.5) is 30.6 Å². The van der Waals surface area contributed by atoms with Crippen LogP contribution in [0.15, 0.2) is 42.5 Å². The van der Waals surface area contributed by atoms with Crippen LogP contribution in [0.25, 0.3) is 0 Å². The Morgan fingerprint density at radius 2 is 1.70 bits per heavy atom. The number of urea groups is 1. The maximum absolute atomic E-state index is 13.7. The summed E-state index contributed by atoms with van der Waals surface area (Å²) in [5.41, 5.74) is 1.62. The SMILES string of the molecule is CC(=O)Nc1cccc(N2CCN(C(=O)Nc3ccc(F)cc3F)CC2)c1. The number of carbonyl (C=O) groups excluding carboxylic acids is 2. The van der Waals surface area contributed by atoms with Crippen molar-refractivity contribution in [3.63, 3.8) is 0 Å². The molecule has 2 N–H and O–H groups in total. The summed E-state index contributed by atoms with van der Waals surface area (Å²) in [5, 5.41) is 5.22. The number of carbonyl (C=O) groups is 2. The number of anilines is 3. The van der Waals surface area contributed by atoms with Gasteiger partial charge in [0.15, 0.2) is 0 Å². The van der Waals surface area contributed by atoms with Gasteiger partial charge in [0.05, 0.1) is 5.69 Å². The monoisotopic (exact) mass is 374 g/mol. The van der Waals surface area contributed by atoms with Crippen molar-refractivity contribution in [2.24, 2.45) is 0 Å². The Morgan fingerprint density at radius 3 is 2.37 bits per heavy atom. The largest absolute Gasteiger partial charge is 0.368 e. The quantitative estimate of drug-likeness (QED) is 0.867. The molecule has 0 unspecified atom stereocenters. The molecule has 1 aliphatic heterocycles. The van der Waals surface area contributed by atoms with Crippen LogP contribution in [0.2, 0.25) is 0 Å². The number of rotatable bonds is 3. The van der Waals surface area contributed by atoms with Gasteiger partial charge in [0.1, 0.15) is 11.6 Å². The fraction of sp³-hybridized carbons (Fsp3) is 0.263. The average molecular weight is 374 g/mol. The van der Waals surface area contributed by atoms with Gasteiger partial charge in [0.25, 0.3) is 0 Å². The third kappa shape index (κ3) is 4.72. The lowest BCUT2D eigenvalue weighted by molar-refractivity contribution is -0.114. The molecule has 1 heterocycles. The van der Waals surface area contributed by atoms with Crippen LogP contribution in [0, 0.1) is 11.6 Å². The summed E-state index contributed by atoms with van der Waals surface area (Å²) in [5.74, 6) is -1.64. The van der Waals surface area contributed by atoms with Crippen LogP contribution in [-0.4, -0.2) is 43.0 Å². The lowest BCUT2D eigenvalue weighted by Gasteiger charge is -2.36. The number of nitrogens with zero attached hydrogens (tertiary/aromatic N) is 2. The molecule has 1 saturated heterocycles. The predicted molar refractivity (Wildman–Crippen MR) is 99.9 cm³/mol. The van der Waals surface area contributed by atoms with Crippen molar-refractivity contribution >= 4 is 29.0 Å². The van der Waals surface area contributed by atoms with Crippen LogP contribution in [0.5, 0.6) is 0 Å². The second-order valence-corrected chi connectivity index (χ2v) is 6.26. The summed E-state index contributed by atoms with van der Waals surface area (Å²) in [6.07, 6.45) is 0. The molecular formula is C19H20F2N4O2. The molecule has 27 heavy (non-hydrogen) atoms. The van der Waals surface area contributed by atoms with Gasteiger partial charge in [0, 0.05) is 50.5 Å². The van der Waals surface area contributed by atoms with Crippen LogP contribution in [-0.2, 0) is 4.79 Å². The van der Waals surface area contributed by atoms with Gasteiger partial charge in [-0.2, -0.15) is 0 Å². The number of amides is 3. The molecule has 0 aromatic heterocycles. The molecule has 2 aromatic rings. The molecule has 8 heteroatoms. The van der Waals surface area contributed by atoms with Gasteiger partial charge < -0.3 is 20.4 Å². The van der Waals surface area contributed by atoms with Gasteiger partial charge in [-0.1, -0.05) is 6.07 Å². The minimum absolute atomic E-state index is 0.0492. The molecule has 0 radical (unpaired) electrons. The standard InChI is InChI=1S/C19H20F2N4O2/c1-13(26)22-15-3-2-4-16(12-15)24-7-9-25(10-8-24)19(27)23-18-6-5-14(20)11-17(18)21/h2-6,11-12H,7-10H2,1H3,(H,22,26)(H,23,27). The van der Waals surface area contributed by atoms with Crippen molar-refractivity contribution in [3.05, 3.63) is 54.1 Å². The van der Waals surface area contributed by atoms with Crippen molar-refractivity contribution < 1.29 is 18.4 Å². The third-order valence-corrected chi connectivity index (χ3v) is 4.27. The van der Waals surface area contributed by atoms with E-state index in [1.807, 2.05) is 24.3 Å². The van der Waals surface area contributed by atoms with Crippen molar-refractivity contribution in [1.29, 1.82) is 0 Å². The van der Waals surface area contributed by atoms with E-state index in [4.69, 9.17) is 0 Å². The molecule has 0 atom stereocenters. The summed E-state index contributed by atoms with van der Waals surface area (Å²) in [6.45, 7) is 3.57. The molecule has 6 nitrogen and oxygen atoms in total. The summed E-state index contributed by atoms with van der Waals surface area (Å²) in [4.78, 5) is 27.2. The molecule has 3 amide bonds. The van der Waals surface area contributed by atoms with Gasteiger partial charge in [-0.15, -0.1) is 0 Å². The van der Waals surface area contributed by atoms with Crippen molar-refractivity contribution in [3.8, 4) is 0 Å². The molecule has 142 valence electrons. The highest BCUT2D eigenvalue weighted by Gasteiger charge is 2.22. The first-order valence-corrected chi connectivity index (χ1v) is 8.56. The smallest absolute Gasteiger partial charge is 0.322 e. The average Bonchev–Trinajstić information content (AvgIpc) is 2.64. The third-order valence-electron chi connectivity index (χ3n) is 4.27. The predicted octanol–water partition coefficient (Wildman–Crippen LogP) is 3.28. The van der Waals surface area contributed by atoms with Crippen molar-refractivity contribution in [1.82, 2.24) is 4.90 Å². The first-order valence-electron chi connectivity index (χ1n) is 8.56. The normalized spacial score (nSPS) is 14.0. The van der Waals surface area contributed by atoms with E-state index in [0.717, 1.165) is 17.8 Å². The minimum Gasteiger partial charge on any atom is -0.368 e. The molecule has 0 saturated carbocycles. The molecule has 0 aliphatic carbocycles. The Labute approximate surface area is 155 Å². The minimum atomic E-state index is -0.809. The summed E-state index contributed by atoms with van der Waals surface area (Å²) < 4.78 is 26.6. The van der Waals surface area contributed by atoms with Crippen LogP contribution >= 0.6 is 0 Å². The lowest BCUT2D eigenvalue weighted by Crippen LogP contribution is -2.50. The van der Waals surface area contributed by atoms with Crippen LogP contribution in [0.1, 0.15) is 6.92 Å². The van der Waals surface area contributed by atoms with Crippen molar-refractivity contribution in [2.75, 3.05) is 41.7 Å². The van der Waals surface area contributed by atoms with E-state index in [9.17, 15) is 18.4 Å². The molecule has 3 rings (SSSR count). The van der Waals surface area contributed by atoms with E-state index in [2.05, 4.69) is 15.5 Å². The van der Waals surface area contributed by atoms with E-state index in [1.54, 1.807) is 4.90 Å². The highest BCUT2D eigenvalue weighted by atomic mass is 19.1. The second kappa shape index (κ2) is 8.03. The van der Waals surface area contributed by atoms with Crippen LogP contribution < -0.4 is 15.5 Å². The van der Waals surface area contributed by atoms with Gasteiger partial charge in [-0.3, -0.25) is 4.79 Å². The zero-order valence-electron chi connectivity index (χ0n) is 14.8. The zero-order valence-corrected chi connectivity index (χ0v) is 14.8. The number of piperazine rings is 1. The maximum atomic E-state index is 13.7. The van der Waals surface area contributed by atoms with Crippen LogP contribution in [0.3, 0.4) is 0 Å². The molecule has 2 aromatic carbocycles. The fourth-order valence-electron chi connectivity index (χ4n) is 2.94. The number of halogens is 2. The molecule has 1 aliphatic rings. The Hall–Kier alpha value is -3.16. The Morgan fingerprint density at radius 1 is 0.963 bits per heavy atom. The molecular weight excluding hydrogens is 354 g/mol. The number of hydrogen-bond donors (Lipinski definition) is 2. The topological polar surface area (TPSA) is 64.7 Å². The first-order chi connectivity index (χ1) is 12.9.